The van der Waals surface area contributed by atoms with Gasteiger partial charge in [-0.25, -0.2) is 4.79 Å². The number of likely N-dealkylation sites (tertiary alicyclic amines) is 1. The maximum absolute atomic E-state index is 13.7. The van der Waals surface area contributed by atoms with Crippen LogP contribution in [0.5, 0.6) is 0 Å². The van der Waals surface area contributed by atoms with Crippen molar-refractivity contribution in [1.29, 1.82) is 0 Å². The van der Waals surface area contributed by atoms with E-state index in [1.165, 1.54) is 4.90 Å². The van der Waals surface area contributed by atoms with Crippen LogP contribution in [-0.2, 0) is 9.53 Å². The lowest BCUT2D eigenvalue weighted by atomic mass is 10.1. The van der Waals surface area contributed by atoms with Crippen LogP contribution >= 0.6 is 23.2 Å². The highest BCUT2D eigenvalue weighted by Crippen LogP contribution is 2.32. The van der Waals surface area contributed by atoms with Gasteiger partial charge >= 0.3 is 6.09 Å². The molecule has 0 spiro atoms. The number of nitrogens with zero attached hydrogens (tertiary/aromatic N) is 5. The molecule has 3 atom stereocenters. The van der Waals surface area contributed by atoms with Gasteiger partial charge in [-0.05, 0) is 76.4 Å². The molecule has 0 radical (unpaired) electrons. The van der Waals surface area contributed by atoms with Gasteiger partial charge in [-0.2, -0.15) is 5.10 Å². The fourth-order valence-corrected chi connectivity index (χ4v) is 6.36. The van der Waals surface area contributed by atoms with Gasteiger partial charge in [0.15, 0.2) is 0 Å². The number of aliphatic hydroxyl groups is 1. The molecular weight excluding hydrogens is 565 g/mol. The van der Waals surface area contributed by atoms with Crippen molar-refractivity contribution in [2.45, 2.75) is 64.3 Å². The average molecular weight is 603 g/mol. The molecule has 2 unspecified atom stereocenters. The van der Waals surface area contributed by atoms with Crippen LogP contribution in [0, 0.1) is 0 Å². The lowest BCUT2D eigenvalue weighted by molar-refractivity contribution is -0.139. The molecule has 0 aliphatic carbocycles. The molecule has 2 aliphatic heterocycles. The second-order valence-electron chi connectivity index (χ2n) is 11.8. The first-order chi connectivity index (χ1) is 19.5. The van der Waals surface area contributed by atoms with Crippen LogP contribution in [0.4, 0.5) is 10.5 Å². The fraction of sp³-hybridized carbons (Fsp3) is 0.500. The largest absolute Gasteiger partial charge is 0.444 e. The minimum Gasteiger partial charge on any atom is -0.444 e. The molecule has 1 aromatic heterocycles. The highest BCUT2D eigenvalue weighted by atomic mass is 35.5. The summed E-state index contributed by atoms with van der Waals surface area (Å²) in [6.07, 6.45) is 2.70. The van der Waals surface area contributed by atoms with Crippen LogP contribution in [0.2, 0.25) is 10.0 Å². The van der Waals surface area contributed by atoms with Gasteiger partial charge < -0.3 is 19.6 Å². The minimum atomic E-state index is -0.637. The number of amides is 2. The summed E-state index contributed by atoms with van der Waals surface area (Å²) in [7, 11) is 0. The fourth-order valence-electron chi connectivity index (χ4n) is 5.79. The molecule has 2 fully saturated rings. The normalized spacial score (nSPS) is 20.5. The van der Waals surface area contributed by atoms with Gasteiger partial charge in [0.05, 0.1) is 30.4 Å². The van der Waals surface area contributed by atoms with E-state index in [1.54, 1.807) is 11.0 Å². The Morgan fingerprint density at radius 3 is 2.59 bits per heavy atom. The van der Waals surface area contributed by atoms with Crippen molar-refractivity contribution in [2.24, 2.45) is 0 Å². The molecule has 9 nitrogen and oxygen atoms in total. The molecule has 2 aliphatic rings. The van der Waals surface area contributed by atoms with Gasteiger partial charge in [-0.3, -0.25) is 14.4 Å². The zero-order valence-electron chi connectivity index (χ0n) is 23.9. The third kappa shape index (κ3) is 6.12. The molecule has 1 N–H and O–H groups in total. The third-order valence-corrected chi connectivity index (χ3v) is 8.43. The lowest BCUT2D eigenvalue weighted by Crippen LogP contribution is -2.60. The molecule has 2 saturated heterocycles. The molecule has 41 heavy (non-hydrogen) atoms. The molecule has 3 heterocycles. The zero-order valence-corrected chi connectivity index (χ0v) is 25.4. The van der Waals surface area contributed by atoms with Crippen molar-refractivity contribution in [2.75, 3.05) is 37.7 Å². The Bertz CT molecular complexity index is 1440. The maximum Gasteiger partial charge on any atom is 0.410 e. The number of hydrogen-bond acceptors (Lipinski definition) is 6. The Morgan fingerprint density at radius 2 is 1.88 bits per heavy atom. The van der Waals surface area contributed by atoms with Crippen molar-refractivity contribution in [1.82, 2.24) is 19.6 Å². The number of piperazine rings is 1. The average Bonchev–Trinajstić information content (AvgIpc) is 3.58. The van der Waals surface area contributed by atoms with E-state index in [-0.39, 0.29) is 18.6 Å². The van der Waals surface area contributed by atoms with Crippen LogP contribution < -0.4 is 4.90 Å². The smallest absolute Gasteiger partial charge is 0.410 e. The van der Waals surface area contributed by atoms with Crippen LogP contribution in [0.25, 0.3) is 10.9 Å². The standard InChI is InChI=1S/C30H37Cl2N5O4/c1-19(24-10-8-21(31)14-25(24)32)37-27-15-22(9-7-20(27)16-33-37)34-12-13-35(23(17-34)18-38)28(39)26-6-5-11-36(26)29(40)41-30(2,3)4/h7-10,14-16,19,23,26,38H,5-6,11-13,17-18H2,1-4H3/t19-,23?,26?/m1/s1. The number of fused-ring (bicyclic) bond motifs is 1. The molecule has 220 valence electrons. The maximum atomic E-state index is 13.7. The number of rotatable bonds is 5. The number of carbonyl (C=O) groups excluding carboxylic acids is 2. The number of benzene rings is 2. The van der Waals surface area contributed by atoms with Gasteiger partial charge in [0, 0.05) is 47.3 Å². The van der Waals surface area contributed by atoms with E-state index in [1.807, 2.05) is 62.8 Å². The first-order valence-corrected chi connectivity index (χ1v) is 14.8. The van der Waals surface area contributed by atoms with E-state index in [0.29, 0.717) is 42.6 Å². The third-order valence-electron chi connectivity index (χ3n) is 7.87. The Hall–Kier alpha value is -3.01. The molecule has 0 bridgehead atoms. The van der Waals surface area contributed by atoms with Crippen molar-refractivity contribution in [3.63, 3.8) is 0 Å². The molecule has 0 saturated carbocycles. The predicted octanol–water partition coefficient (Wildman–Crippen LogP) is 5.36. The summed E-state index contributed by atoms with van der Waals surface area (Å²) in [5, 5.41) is 17.1. The van der Waals surface area contributed by atoms with Gasteiger partial charge in [0.25, 0.3) is 0 Å². The van der Waals surface area contributed by atoms with E-state index in [0.717, 1.165) is 28.6 Å². The number of halogens is 2. The quantitative estimate of drug-likeness (QED) is 0.423. The van der Waals surface area contributed by atoms with Crippen molar-refractivity contribution >= 4 is 51.8 Å². The topological polar surface area (TPSA) is 91.1 Å². The van der Waals surface area contributed by atoms with Gasteiger partial charge in [0.2, 0.25) is 5.91 Å². The van der Waals surface area contributed by atoms with Crippen LogP contribution in [0.1, 0.15) is 52.1 Å². The van der Waals surface area contributed by atoms with Gasteiger partial charge in [-0.1, -0.05) is 29.3 Å². The van der Waals surface area contributed by atoms with Gasteiger partial charge in [-0.15, -0.1) is 0 Å². The lowest BCUT2D eigenvalue weighted by Gasteiger charge is -2.43. The van der Waals surface area contributed by atoms with Crippen LogP contribution in [0.3, 0.4) is 0 Å². The van der Waals surface area contributed by atoms with E-state index in [4.69, 9.17) is 27.9 Å². The molecule has 2 aromatic carbocycles. The van der Waals surface area contributed by atoms with Crippen LogP contribution in [-0.4, -0.2) is 87.2 Å². The first kappa shape index (κ1) is 29.5. The summed E-state index contributed by atoms with van der Waals surface area (Å²) >= 11 is 12.6. The van der Waals surface area contributed by atoms with E-state index in [2.05, 4.69) is 16.1 Å². The molecule has 5 rings (SSSR count). The summed E-state index contributed by atoms with van der Waals surface area (Å²) in [6.45, 7) is 9.32. The first-order valence-electron chi connectivity index (χ1n) is 14.0. The Kier molecular flexibility index (Phi) is 8.41. The molecule has 2 amide bonds. The Balaban J connectivity index is 1.33. The number of anilines is 1. The Morgan fingerprint density at radius 1 is 1.10 bits per heavy atom. The van der Waals surface area contributed by atoms with E-state index >= 15 is 0 Å². The van der Waals surface area contributed by atoms with E-state index in [9.17, 15) is 14.7 Å². The minimum absolute atomic E-state index is 0.119. The van der Waals surface area contributed by atoms with Crippen LogP contribution in [0.15, 0.2) is 42.6 Å². The molecule has 11 heteroatoms. The highest BCUT2D eigenvalue weighted by Gasteiger charge is 2.41. The summed E-state index contributed by atoms with van der Waals surface area (Å²) in [6, 6.07) is 10.6. The summed E-state index contributed by atoms with van der Waals surface area (Å²) in [4.78, 5) is 31.9. The summed E-state index contributed by atoms with van der Waals surface area (Å²) in [5.41, 5.74) is 2.22. The zero-order chi connectivity index (χ0) is 29.5. The number of carbonyl (C=O) groups is 2. The highest BCUT2D eigenvalue weighted by molar-refractivity contribution is 6.35. The second kappa shape index (κ2) is 11.7. The SMILES string of the molecule is C[C@H](c1ccc(Cl)cc1Cl)n1ncc2ccc(N3CCN(C(=O)C4CCCN4C(=O)OC(C)(C)C)C(CO)C3)cc21. The second-order valence-corrected chi connectivity index (χ2v) is 12.7. The van der Waals surface area contributed by atoms with E-state index < -0.39 is 23.8 Å². The number of ether oxygens (including phenoxy) is 1. The van der Waals surface area contributed by atoms with Gasteiger partial charge in [0.1, 0.15) is 11.6 Å². The molecular formula is C30H37Cl2N5O4. The number of aromatic nitrogens is 2. The van der Waals surface area contributed by atoms with Crippen molar-refractivity contribution in [3.05, 3.63) is 58.2 Å². The Labute approximate surface area is 250 Å². The molecule has 3 aromatic rings. The predicted molar refractivity (Wildman–Crippen MR) is 161 cm³/mol. The van der Waals surface area contributed by atoms with Crippen molar-refractivity contribution in [3.8, 4) is 0 Å². The van der Waals surface area contributed by atoms with Crippen molar-refractivity contribution < 1.29 is 19.4 Å². The number of aliphatic hydroxyl groups excluding tert-OH is 1. The number of hydrogen-bond donors (Lipinski definition) is 1. The summed E-state index contributed by atoms with van der Waals surface area (Å²) < 4.78 is 7.50. The summed E-state index contributed by atoms with van der Waals surface area (Å²) in [5.74, 6) is -0.130. The monoisotopic (exact) mass is 601 g/mol.